The lowest BCUT2D eigenvalue weighted by Crippen LogP contribution is -2.12. The molecule has 1 amide bonds. The van der Waals surface area contributed by atoms with Crippen molar-refractivity contribution in [2.75, 3.05) is 5.32 Å². The van der Waals surface area contributed by atoms with Gasteiger partial charge in [-0.3, -0.25) is 4.79 Å². The second kappa shape index (κ2) is 5.83. The van der Waals surface area contributed by atoms with Gasteiger partial charge in [0.15, 0.2) is 5.69 Å². The van der Waals surface area contributed by atoms with Crippen molar-refractivity contribution < 1.29 is 18.1 Å². The zero-order valence-electron chi connectivity index (χ0n) is 9.89. The Hall–Kier alpha value is -1.89. The molecular weight excluding hydrogens is 274 g/mol. The Morgan fingerprint density at radius 2 is 2.16 bits per heavy atom. The molecule has 0 aliphatic heterocycles. The van der Waals surface area contributed by atoms with E-state index in [4.69, 9.17) is 4.52 Å². The molecule has 1 N–H and O–H groups in total. The van der Waals surface area contributed by atoms with E-state index in [0.717, 1.165) is 0 Å². The molecule has 0 aliphatic rings. The highest BCUT2D eigenvalue weighted by atomic mass is 32.2. The van der Waals surface area contributed by atoms with E-state index in [0.29, 0.717) is 28.1 Å². The van der Waals surface area contributed by atoms with Crippen molar-refractivity contribution in [1.82, 2.24) is 5.16 Å². The largest absolute Gasteiger partial charge is 0.361 e. The third-order valence-corrected chi connectivity index (χ3v) is 3.00. The summed E-state index contributed by atoms with van der Waals surface area (Å²) in [6, 6.07) is 7.81. The predicted molar refractivity (Wildman–Crippen MR) is 67.5 cm³/mol. The number of nitrogens with one attached hydrogen (secondary N) is 1. The Labute approximate surface area is 112 Å². The Bertz CT molecular complexity index is 587. The molecule has 19 heavy (non-hydrogen) atoms. The summed E-state index contributed by atoms with van der Waals surface area (Å²) in [6.07, 6.45) is 0. The standard InChI is InChI=1S/C12H10F2N2O2S/c1-7-6-9(16-18-7)11(17)15-8-4-2-3-5-10(8)19-12(13)14/h2-6,12H,1H3,(H,15,17). The molecular formula is C12H10F2N2O2S. The molecule has 1 aromatic carbocycles. The second-order valence-electron chi connectivity index (χ2n) is 3.65. The maximum Gasteiger partial charge on any atom is 0.288 e. The first kappa shape index (κ1) is 13.5. The van der Waals surface area contributed by atoms with E-state index < -0.39 is 11.7 Å². The van der Waals surface area contributed by atoms with E-state index in [1.54, 1.807) is 25.1 Å². The molecule has 0 bridgehead atoms. The second-order valence-corrected chi connectivity index (χ2v) is 4.68. The molecule has 0 unspecified atom stereocenters. The number of anilines is 1. The zero-order chi connectivity index (χ0) is 13.8. The highest BCUT2D eigenvalue weighted by molar-refractivity contribution is 7.99. The number of para-hydroxylation sites is 1. The van der Waals surface area contributed by atoms with Gasteiger partial charge in [-0.1, -0.05) is 29.1 Å². The number of nitrogens with zero attached hydrogens (tertiary/aromatic N) is 1. The lowest BCUT2D eigenvalue weighted by molar-refractivity contribution is 0.101. The van der Waals surface area contributed by atoms with Crippen LogP contribution in [0.2, 0.25) is 0 Å². The van der Waals surface area contributed by atoms with Gasteiger partial charge in [0, 0.05) is 11.0 Å². The van der Waals surface area contributed by atoms with Gasteiger partial charge >= 0.3 is 0 Å². The average Bonchev–Trinajstić information content (AvgIpc) is 2.78. The smallest absolute Gasteiger partial charge is 0.288 e. The van der Waals surface area contributed by atoms with Crippen LogP contribution in [0.1, 0.15) is 16.2 Å². The molecule has 0 radical (unpaired) electrons. The quantitative estimate of drug-likeness (QED) is 0.872. The summed E-state index contributed by atoms with van der Waals surface area (Å²) in [4.78, 5) is 12.1. The van der Waals surface area contributed by atoms with E-state index in [9.17, 15) is 13.6 Å². The van der Waals surface area contributed by atoms with Crippen molar-refractivity contribution in [2.45, 2.75) is 17.6 Å². The predicted octanol–water partition coefficient (Wildman–Crippen LogP) is 3.55. The van der Waals surface area contributed by atoms with Gasteiger partial charge in [-0.2, -0.15) is 8.78 Å². The SMILES string of the molecule is Cc1cc(C(=O)Nc2ccccc2SC(F)F)no1. The summed E-state index contributed by atoms with van der Waals surface area (Å²) >= 11 is 0.376. The highest BCUT2D eigenvalue weighted by Gasteiger charge is 2.15. The van der Waals surface area contributed by atoms with E-state index in [1.807, 2.05) is 0 Å². The number of carbonyl (C=O) groups excluding carboxylic acids is 1. The number of halogens is 2. The lowest BCUT2D eigenvalue weighted by atomic mass is 10.3. The number of rotatable bonds is 4. The van der Waals surface area contributed by atoms with Crippen LogP contribution in [0.25, 0.3) is 0 Å². The Morgan fingerprint density at radius 3 is 2.79 bits per heavy atom. The normalized spacial score (nSPS) is 10.7. The lowest BCUT2D eigenvalue weighted by Gasteiger charge is -2.08. The molecule has 0 aliphatic carbocycles. The fourth-order valence-electron chi connectivity index (χ4n) is 1.43. The van der Waals surface area contributed by atoms with Crippen molar-refractivity contribution >= 4 is 23.4 Å². The Kier molecular flexibility index (Phi) is 4.16. The maximum atomic E-state index is 12.4. The summed E-state index contributed by atoms with van der Waals surface area (Å²) in [7, 11) is 0. The number of benzene rings is 1. The van der Waals surface area contributed by atoms with Crippen molar-refractivity contribution in [3.8, 4) is 0 Å². The van der Waals surface area contributed by atoms with Gasteiger partial charge in [0.25, 0.3) is 11.7 Å². The summed E-state index contributed by atoms with van der Waals surface area (Å²) < 4.78 is 29.6. The van der Waals surface area contributed by atoms with E-state index in [2.05, 4.69) is 10.5 Å². The van der Waals surface area contributed by atoms with Crippen LogP contribution < -0.4 is 5.32 Å². The first-order valence-corrected chi connectivity index (χ1v) is 6.23. The molecule has 7 heteroatoms. The van der Waals surface area contributed by atoms with Crippen LogP contribution in [0.15, 0.2) is 39.8 Å². The van der Waals surface area contributed by atoms with Gasteiger partial charge in [-0.05, 0) is 19.1 Å². The minimum absolute atomic E-state index is 0.106. The van der Waals surface area contributed by atoms with Crippen molar-refractivity contribution in [3.63, 3.8) is 0 Å². The molecule has 1 aromatic heterocycles. The van der Waals surface area contributed by atoms with Gasteiger partial charge in [0.2, 0.25) is 0 Å². The van der Waals surface area contributed by atoms with Crippen molar-refractivity contribution in [2.24, 2.45) is 0 Å². The van der Waals surface area contributed by atoms with Crippen LogP contribution in [0.3, 0.4) is 0 Å². The molecule has 0 spiro atoms. The van der Waals surface area contributed by atoms with Gasteiger partial charge in [0.05, 0.1) is 5.69 Å². The van der Waals surface area contributed by atoms with Crippen molar-refractivity contribution in [1.29, 1.82) is 0 Å². The molecule has 100 valence electrons. The Balaban J connectivity index is 2.16. The number of alkyl halides is 2. The third-order valence-electron chi connectivity index (χ3n) is 2.21. The summed E-state index contributed by atoms with van der Waals surface area (Å²) in [5, 5.41) is 6.09. The van der Waals surface area contributed by atoms with Crippen LogP contribution in [-0.2, 0) is 0 Å². The molecule has 1 heterocycles. The molecule has 4 nitrogen and oxygen atoms in total. The fourth-order valence-corrected chi connectivity index (χ4v) is 2.02. The van der Waals surface area contributed by atoms with Crippen LogP contribution in [-0.4, -0.2) is 16.8 Å². The van der Waals surface area contributed by atoms with E-state index in [-0.39, 0.29) is 5.69 Å². The summed E-state index contributed by atoms with van der Waals surface area (Å²) in [5.41, 5.74) is 0.424. The van der Waals surface area contributed by atoms with Gasteiger partial charge in [-0.25, -0.2) is 0 Å². The van der Waals surface area contributed by atoms with Crippen LogP contribution in [0.4, 0.5) is 14.5 Å². The van der Waals surface area contributed by atoms with Crippen LogP contribution in [0.5, 0.6) is 0 Å². The molecule has 2 aromatic rings. The summed E-state index contributed by atoms with van der Waals surface area (Å²) in [5.74, 6) is -2.55. The first-order chi connectivity index (χ1) is 9.06. The number of hydrogen-bond donors (Lipinski definition) is 1. The molecule has 2 rings (SSSR count). The molecule has 0 atom stereocenters. The molecule has 0 saturated heterocycles. The van der Waals surface area contributed by atoms with Gasteiger partial charge in [-0.15, -0.1) is 0 Å². The molecule has 0 saturated carbocycles. The number of aromatic nitrogens is 1. The number of carbonyl (C=O) groups is 1. The van der Waals surface area contributed by atoms with Gasteiger partial charge < -0.3 is 9.84 Å². The maximum absolute atomic E-state index is 12.4. The summed E-state index contributed by atoms with van der Waals surface area (Å²) in [6.45, 7) is 1.66. The number of amides is 1. The minimum Gasteiger partial charge on any atom is -0.361 e. The molecule has 0 fully saturated rings. The topological polar surface area (TPSA) is 55.1 Å². The monoisotopic (exact) mass is 284 g/mol. The average molecular weight is 284 g/mol. The minimum atomic E-state index is -2.55. The van der Waals surface area contributed by atoms with E-state index in [1.165, 1.54) is 12.1 Å². The number of aryl methyl sites for hydroxylation is 1. The van der Waals surface area contributed by atoms with E-state index >= 15 is 0 Å². The van der Waals surface area contributed by atoms with Crippen LogP contribution >= 0.6 is 11.8 Å². The number of thioether (sulfide) groups is 1. The fraction of sp³-hybridized carbons (Fsp3) is 0.167. The highest BCUT2D eigenvalue weighted by Crippen LogP contribution is 2.31. The first-order valence-electron chi connectivity index (χ1n) is 5.35. The Morgan fingerprint density at radius 1 is 1.42 bits per heavy atom. The van der Waals surface area contributed by atoms with Crippen LogP contribution in [0, 0.1) is 6.92 Å². The van der Waals surface area contributed by atoms with Crippen molar-refractivity contribution in [3.05, 3.63) is 41.8 Å². The third kappa shape index (κ3) is 3.54. The zero-order valence-corrected chi connectivity index (χ0v) is 10.7. The number of hydrogen-bond acceptors (Lipinski definition) is 4. The van der Waals surface area contributed by atoms with Gasteiger partial charge in [0.1, 0.15) is 5.76 Å².